The van der Waals surface area contributed by atoms with Gasteiger partial charge in [-0.25, -0.2) is 23.7 Å². The van der Waals surface area contributed by atoms with Gasteiger partial charge in [0.15, 0.2) is 5.82 Å². The topological polar surface area (TPSA) is 220 Å². The molecule has 1 aromatic heterocycles. The van der Waals surface area contributed by atoms with Crippen molar-refractivity contribution in [1.82, 2.24) is 19.8 Å². The quantitative estimate of drug-likeness (QED) is 0.0426. The Balaban J connectivity index is 1.12. The zero-order valence-corrected chi connectivity index (χ0v) is 40.7. The van der Waals surface area contributed by atoms with Crippen molar-refractivity contribution in [3.8, 4) is 28.7 Å². The van der Waals surface area contributed by atoms with Crippen molar-refractivity contribution in [2.24, 2.45) is 5.92 Å². The number of nitrogens with one attached hydrogen (secondary N) is 1. The summed E-state index contributed by atoms with van der Waals surface area (Å²) in [4.78, 5) is 87.0. The van der Waals surface area contributed by atoms with E-state index in [0.717, 1.165) is 37.9 Å². The van der Waals surface area contributed by atoms with Gasteiger partial charge in [0.25, 0.3) is 0 Å². The van der Waals surface area contributed by atoms with Crippen LogP contribution in [0.5, 0.6) is 5.75 Å². The second-order valence-corrected chi connectivity index (χ2v) is 20.0. The Morgan fingerprint density at radius 3 is 2.27 bits per heavy atom. The van der Waals surface area contributed by atoms with Gasteiger partial charge in [-0.3, -0.25) is 23.2 Å². The highest BCUT2D eigenvalue weighted by Gasteiger charge is 2.47. The fourth-order valence-corrected chi connectivity index (χ4v) is 9.43. The van der Waals surface area contributed by atoms with Gasteiger partial charge in [0.05, 0.1) is 18.1 Å². The minimum Gasteiger partial charge on any atom is -0.460 e. The summed E-state index contributed by atoms with van der Waals surface area (Å²) in [5, 5.41) is 2.62. The fourth-order valence-electron chi connectivity index (χ4n) is 7.90. The van der Waals surface area contributed by atoms with Crippen molar-refractivity contribution in [2.45, 2.75) is 77.7 Å². The molecule has 7 rings (SSSR count). The van der Waals surface area contributed by atoms with Crippen molar-refractivity contribution in [2.75, 3.05) is 44.4 Å². The normalized spacial score (nSPS) is 18.5. The Kier molecular flexibility index (Phi) is 14.7. The minimum absolute atomic E-state index is 0.0405. The maximum Gasteiger partial charge on any atom is 0.530 e. The van der Waals surface area contributed by atoms with Gasteiger partial charge in [-0.05, 0) is 76.8 Å². The molecule has 19 nitrogen and oxygen atoms in total. The molecule has 1 aliphatic carbocycles. The van der Waals surface area contributed by atoms with E-state index in [9.17, 15) is 33.3 Å². The number of amides is 4. The van der Waals surface area contributed by atoms with Crippen LogP contribution < -0.4 is 20.4 Å². The van der Waals surface area contributed by atoms with Gasteiger partial charge in [0.1, 0.15) is 48.9 Å². The molecule has 4 amide bonds. The molecule has 3 aromatic carbocycles. The lowest BCUT2D eigenvalue weighted by Crippen LogP contribution is -2.48. The monoisotopic (exact) mass is 979 g/mol. The number of hydrogen-bond acceptors (Lipinski definition) is 15. The van der Waals surface area contributed by atoms with E-state index >= 15 is 0 Å². The van der Waals surface area contributed by atoms with E-state index in [4.69, 9.17) is 32.5 Å². The molecule has 0 fully saturated rings. The first-order chi connectivity index (χ1) is 33.1. The van der Waals surface area contributed by atoms with E-state index in [-0.39, 0.29) is 43.5 Å². The van der Waals surface area contributed by atoms with Crippen LogP contribution in [-0.2, 0) is 54.3 Å². The van der Waals surface area contributed by atoms with Crippen LogP contribution in [0.2, 0.25) is 0 Å². The zero-order valence-electron chi connectivity index (χ0n) is 39.8. The molecule has 3 aliphatic rings. The second-order valence-electron chi connectivity index (χ2n) is 18.5. The highest BCUT2D eigenvalue weighted by Crippen LogP contribution is 2.60. The van der Waals surface area contributed by atoms with Gasteiger partial charge >= 0.3 is 37.8 Å². The highest BCUT2D eigenvalue weighted by atomic mass is 31.2. The molecule has 3 heterocycles. The van der Waals surface area contributed by atoms with Crippen LogP contribution in [0.4, 0.5) is 20.2 Å². The molecular formula is C50H54N5O14P. The Labute approximate surface area is 404 Å². The van der Waals surface area contributed by atoms with E-state index in [1.165, 1.54) is 19.9 Å². The lowest BCUT2D eigenvalue weighted by molar-refractivity contribution is -0.148. The first-order valence-corrected chi connectivity index (χ1v) is 23.8. The molecule has 0 saturated carbocycles. The molecule has 0 bridgehead atoms. The molecule has 2 unspecified atom stereocenters. The van der Waals surface area contributed by atoms with Crippen LogP contribution in [0.15, 0.2) is 96.4 Å². The van der Waals surface area contributed by atoms with Gasteiger partial charge < -0.3 is 33.7 Å². The first-order valence-electron chi connectivity index (χ1n) is 22.3. The van der Waals surface area contributed by atoms with Crippen LogP contribution in [0.25, 0.3) is 11.1 Å². The zero-order chi connectivity index (χ0) is 50.6. The smallest absolute Gasteiger partial charge is 0.460 e. The Bertz CT molecular complexity index is 2850. The van der Waals surface area contributed by atoms with E-state index < -0.39 is 91.9 Å². The summed E-state index contributed by atoms with van der Waals surface area (Å²) in [5.41, 5.74) is -0.322. The standard InChI is InChI=1S/C50H54N5O14P/c1-9-26-63-42(57)29-53(25-24-51-45(59)64-31-38-36-18-12-10-16-34(36)35-17-11-13-19-37(35)38)41(56)28-54-27-32-22-23-33(30-65-70(62)68-40-21-15-14-20-39(40)50(7,8)69-70)49(5,6)67-47(61)55(43(32)52-44(54)58)46(60)66-48(2,3)4/h9-21,27,33,38H,1,24-26,28-31H2,2-8H3,(H,51,59). The number of carbonyl (C=O) groups excluding carboxylic acids is 5. The number of alkyl carbamates (subject to hydrolysis) is 1. The third-order valence-corrected chi connectivity index (χ3v) is 12.9. The predicted octanol–water partition coefficient (Wildman–Crippen LogP) is 7.45. The SMILES string of the molecule is C=CCOC(=O)CN(CCNC(=O)OCC1c2ccccc2-c2ccccc21)C(=O)Cn1cc2c(nc1=O)N(C(=O)OC(C)(C)C)C(=O)OC(C)(C)C(COP1(=O)Oc3ccccc3C(C)(C)O1)C#C2. The fraction of sp³-hybridized carbons (Fsp3) is 0.380. The lowest BCUT2D eigenvalue weighted by Gasteiger charge is -2.37. The van der Waals surface area contributed by atoms with Crippen LogP contribution >= 0.6 is 7.82 Å². The summed E-state index contributed by atoms with van der Waals surface area (Å²) in [5.74, 6) is 2.61. The molecule has 368 valence electrons. The van der Waals surface area contributed by atoms with E-state index in [1.807, 2.05) is 48.5 Å². The molecular weight excluding hydrogens is 926 g/mol. The summed E-state index contributed by atoms with van der Waals surface area (Å²) < 4.78 is 54.4. The average Bonchev–Trinajstić information content (AvgIpc) is 3.61. The van der Waals surface area contributed by atoms with Crippen LogP contribution in [0.3, 0.4) is 0 Å². The van der Waals surface area contributed by atoms with Crippen molar-refractivity contribution in [1.29, 1.82) is 0 Å². The largest absolute Gasteiger partial charge is 0.530 e. The number of anilines is 1. The Morgan fingerprint density at radius 2 is 1.60 bits per heavy atom. The number of hydrogen-bond donors (Lipinski definition) is 1. The first kappa shape index (κ1) is 50.6. The number of esters is 1. The van der Waals surface area contributed by atoms with E-state index in [2.05, 4.69) is 28.7 Å². The number of carbonyl (C=O) groups is 5. The number of ether oxygens (including phenoxy) is 4. The molecule has 4 aromatic rings. The molecule has 2 aliphatic heterocycles. The van der Waals surface area contributed by atoms with Gasteiger partial charge in [-0.15, -0.1) is 0 Å². The number of imide groups is 1. The van der Waals surface area contributed by atoms with Crippen LogP contribution in [0.1, 0.15) is 76.6 Å². The summed E-state index contributed by atoms with van der Waals surface area (Å²) in [6.45, 7) is 12.3. The predicted molar refractivity (Wildman–Crippen MR) is 254 cm³/mol. The number of benzene rings is 3. The lowest BCUT2D eigenvalue weighted by atomic mass is 9.92. The summed E-state index contributed by atoms with van der Waals surface area (Å²) in [6.07, 6.45) is -0.874. The molecule has 2 atom stereocenters. The minimum atomic E-state index is -4.32. The molecule has 0 radical (unpaired) electrons. The average molecular weight is 980 g/mol. The maximum atomic E-state index is 14.1. The van der Waals surface area contributed by atoms with Crippen molar-refractivity contribution in [3.05, 3.63) is 124 Å². The molecule has 0 saturated heterocycles. The summed E-state index contributed by atoms with van der Waals surface area (Å²) >= 11 is 0. The van der Waals surface area contributed by atoms with Gasteiger partial charge in [-0.2, -0.15) is 9.88 Å². The van der Waals surface area contributed by atoms with Gasteiger partial charge in [-0.1, -0.05) is 91.2 Å². The number of nitrogens with zero attached hydrogens (tertiary/aromatic N) is 4. The molecule has 70 heavy (non-hydrogen) atoms. The van der Waals surface area contributed by atoms with Crippen molar-refractivity contribution < 1.29 is 61.1 Å². The number of cyclic esters (lactones) is 1. The Hall–Kier alpha value is -7.26. The number of phosphoric acid groups is 1. The van der Waals surface area contributed by atoms with E-state index in [0.29, 0.717) is 10.5 Å². The molecule has 20 heteroatoms. The van der Waals surface area contributed by atoms with Crippen molar-refractivity contribution in [3.63, 3.8) is 0 Å². The number of rotatable bonds is 14. The third-order valence-electron chi connectivity index (χ3n) is 11.3. The van der Waals surface area contributed by atoms with Crippen LogP contribution in [0, 0.1) is 17.8 Å². The Morgan fingerprint density at radius 1 is 0.943 bits per heavy atom. The highest BCUT2D eigenvalue weighted by molar-refractivity contribution is 7.49. The maximum absolute atomic E-state index is 14.1. The second kappa shape index (κ2) is 20.4. The van der Waals surface area contributed by atoms with Crippen LogP contribution in [-0.4, -0.2) is 95.3 Å². The number of phosphoric ester groups is 1. The van der Waals surface area contributed by atoms with E-state index in [1.54, 1.807) is 58.9 Å². The number of fused-ring (bicyclic) bond motifs is 5. The van der Waals surface area contributed by atoms with Gasteiger partial charge in [0, 0.05) is 30.8 Å². The number of para-hydroxylation sites is 1. The molecule has 0 spiro atoms. The third kappa shape index (κ3) is 11.6. The number of aromatic nitrogens is 2. The summed E-state index contributed by atoms with van der Waals surface area (Å²) in [6, 6.07) is 22.6. The van der Waals surface area contributed by atoms with Crippen molar-refractivity contribution >= 4 is 43.8 Å². The molecule has 1 N–H and O–H groups in total. The van der Waals surface area contributed by atoms with Gasteiger partial charge in [0.2, 0.25) is 5.91 Å². The summed E-state index contributed by atoms with van der Waals surface area (Å²) in [7, 11) is -4.32.